The number of hydrogen-bond donors (Lipinski definition) is 1. The van der Waals surface area contributed by atoms with Crippen molar-refractivity contribution in [3.63, 3.8) is 0 Å². The molecule has 1 heterocycles. The smallest absolute Gasteiger partial charge is 0.280 e. The van der Waals surface area contributed by atoms with Gasteiger partial charge in [0.05, 0.1) is 10.5 Å². The molecular weight excluding hydrogens is 269 g/mol. The fraction of sp³-hybridized carbons (Fsp3) is 0.182. The first-order valence-corrected chi connectivity index (χ1v) is 5.54. The number of benzene rings is 1. The zero-order chi connectivity index (χ0) is 12.6. The van der Waals surface area contributed by atoms with Crippen molar-refractivity contribution in [3.8, 4) is 0 Å². The van der Waals surface area contributed by atoms with Crippen LogP contribution in [0.4, 0.5) is 14.5 Å². The zero-order valence-corrected chi connectivity index (χ0v) is 10.3. The van der Waals surface area contributed by atoms with E-state index in [0.29, 0.717) is 21.6 Å². The van der Waals surface area contributed by atoms with Gasteiger partial charge in [-0.25, -0.2) is 13.8 Å². The van der Waals surface area contributed by atoms with E-state index in [1.807, 2.05) is 0 Å². The molecule has 6 heteroatoms. The van der Waals surface area contributed by atoms with Gasteiger partial charge < -0.3 is 5.32 Å². The average Bonchev–Trinajstić information content (AvgIpc) is 2.27. The number of fused-ring (bicyclic) bond motifs is 1. The monoisotopic (exact) mass is 276 g/mol. The van der Waals surface area contributed by atoms with Crippen molar-refractivity contribution in [1.82, 2.24) is 4.98 Å². The van der Waals surface area contributed by atoms with Gasteiger partial charge in [0, 0.05) is 23.1 Å². The molecule has 0 amide bonds. The van der Waals surface area contributed by atoms with Crippen LogP contribution in [0.25, 0.3) is 10.9 Å². The highest BCUT2D eigenvalue weighted by atomic mass is 35.5. The molecule has 17 heavy (non-hydrogen) atoms. The molecule has 2 nitrogen and oxygen atoms in total. The first-order chi connectivity index (χ1) is 8.02. The Morgan fingerprint density at radius 3 is 2.53 bits per heavy atom. The number of nitrogens with zero attached hydrogens (tertiary/aromatic N) is 1. The van der Waals surface area contributed by atoms with Gasteiger partial charge in [0.2, 0.25) is 0 Å². The number of nitrogens with one attached hydrogen (secondary N) is 1. The molecule has 1 N–H and O–H groups in total. The predicted molar refractivity (Wildman–Crippen MR) is 66.3 cm³/mol. The lowest BCUT2D eigenvalue weighted by Crippen LogP contribution is -1.97. The quantitative estimate of drug-likeness (QED) is 0.872. The fourth-order valence-electron chi connectivity index (χ4n) is 1.59. The van der Waals surface area contributed by atoms with Gasteiger partial charge in [0.1, 0.15) is 5.69 Å². The van der Waals surface area contributed by atoms with Crippen LogP contribution in [-0.4, -0.2) is 12.0 Å². The molecule has 1 aromatic heterocycles. The van der Waals surface area contributed by atoms with Crippen LogP contribution in [-0.2, 0) is 0 Å². The number of anilines is 1. The van der Waals surface area contributed by atoms with E-state index >= 15 is 0 Å². The zero-order valence-electron chi connectivity index (χ0n) is 8.77. The molecule has 0 atom stereocenters. The van der Waals surface area contributed by atoms with Gasteiger partial charge in [-0.15, -0.1) is 0 Å². The number of alkyl halides is 2. The van der Waals surface area contributed by atoms with Crippen LogP contribution in [0.2, 0.25) is 10.0 Å². The Hall–Kier alpha value is -1.13. The fourth-order valence-corrected chi connectivity index (χ4v) is 2.13. The Balaban J connectivity index is 2.82. The van der Waals surface area contributed by atoms with Crippen molar-refractivity contribution in [3.05, 3.63) is 33.9 Å². The second-order valence-corrected chi connectivity index (χ2v) is 4.27. The summed E-state index contributed by atoms with van der Waals surface area (Å²) in [5.74, 6) is 0. The van der Waals surface area contributed by atoms with Crippen LogP contribution >= 0.6 is 23.2 Å². The van der Waals surface area contributed by atoms with Gasteiger partial charge in [-0.3, -0.25) is 0 Å². The number of pyridine rings is 1. The van der Waals surface area contributed by atoms with Crippen molar-refractivity contribution in [2.75, 3.05) is 12.4 Å². The van der Waals surface area contributed by atoms with Crippen LogP contribution in [0.1, 0.15) is 12.1 Å². The van der Waals surface area contributed by atoms with E-state index in [-0.39, 0.29) is 10.7 Å². The van der Waals surface area contributed by atoms with E-state index < -0.39 is 6.43 Å². The highest BCUT2D eigenvalue weighted by Gasteiger charge is 2.14. The molecule has 0 aliphatic heterocycles. The van der Waals surface area contributed by atoms with E-state index in [1.165, 1.54) is 12.1 Å². The Bertz CT molecular complexity index is 573. The molecule has 0 saturated heterocycles. The van der Waals surface area contributed by atoms with Gasteiger partial charge in [-0.05, 0) is 18.2 Å². The van der Waals surface area contributed by atoms with Crippen LogP contribution in [0.15, 0.2) is 18.2 Å². The molecular formula is C11H8Cl2F2N2. The molecule has 1 aromatic carbocycles. The first kappa shape index (κ1) is 12.3. The maximum Gasteiger partial charge on any atom is 0.280 e. The summed E-state index contributed by atoms with van der Waals surface area (Å²) >= 11 is 11.8. The molecule has 2 rings (SSSR count). The number of hydrogen-bond acceptors (Lipinski definition) is 2. The third-order valence-corrected chi connectivity index (χ3v) is 2.85. The highest BCUT2D eigenvalue weighted by Crippen LogP contribution is 2.33. The normalized spacial score (nSPS) is 11.2. The summed E-state index contributed by atoms with van der Waals surface area (Å²) in [4.78, 5) is 3.84. The summed E-state index contributed by atoms with van der Waals surface area (Å²) in [6.07, 6.45) is -2.64. The second kappa shape index (κ2) is 4.63. The van der Waals surface area contributed by atoms with Gasteiger partial charge in [0.25, 0.3) is 6.43 Å². The predicted octanol–water partition coefficient (Wildman–Crippen LogP) is 4.52. The molecule has 0 radical (unpaired) electrons. The number of halogens is 4. The summed E-state index contributed by atoms with van der Waals surface area (Å²) in [6, 6.07) is 4.41. The lowest BCUT2D eigenvalue weighted by Gasteiger charge is -2.10. The summed E-state index contributed by atoms with van der Waals surface area (Å²) in [5, 5.41) is 4.14. The number of aromatic nitrogens is 1. The van der Waals surface area contributed by atoms with Crippen LogP contribution in [0.3, 0.4) is 0 Å². The molecule has 0 aliphatic rings. The lowest BCUT2D eigenvalue weighted by molar-refractivity contribution is 0.146. The van der Waals surface area contributed by atoms with Gasteiger partial charge in [-0.2, -0.15) is 0 Å². The summed E-state index contributed by atoms with van der Waals surface area (Å²) < 4.78 is 25.3. The number of rotatable bonds is 2. The summed E-state index contributed by atoms with van der Waals surface area (Å²) in [7, 11) is 1.64. The Morgan fingerprint density at radius 1 is 1.24 bits per heavy atom. The first-order valence-electron chi connectivity index (χ1n) is 4.78. The van der Waals surface area contributed by atoms with E-state index in [4.69, 9.17) is 23.2 Å². The molecule has 90 valence electrons. The van der Waals surface area contributed by atoms with Crippen LogP contribution in [0.5, 0.6) is 0 Å². The minimum absolute atomic E-state index is 0.256. The van der Waals surface area contributed by atoms with Crippen LogP contribution in [0, 0.1) is 0 Å². The molecule has 0 bridgehead atoms. The molecule has 0 fully saturated rings. The molecule has 2 aromatic rings. The average molecular weight is 277 g/mol. The molecule has 0 aliphatic carbocycles. The molecule has 0 unspecified atom stereocenters. The third kappa shape index (κ3) is 2.28. The van der Waals surface area contributed by atoms with Crippen molar-refractivity contribution in [2.24, 2.45) is 0 Å². The maximum atomic E-state index is 12.7. The molecule has 0 saturated carbocycles. The van der Waals surface area contributed by atoms with E-state index in [9.17, 15) is 8.78 Å². The lowest BCUT2D eigenvalue weighted by atomic mass is 10.1. The van der Waals surface area contributed by atoms with Crippen molar-refractivity contribution in [2.45, 2.75) is 6.43 Å². The second-order valence-electron chi connectivity index (χ2n) is 3.43. The standard InChI is InChI=1S/C11H8Cl2F2N2/c1-16-8-4-9(11(14)15)17-10-6(8)2-5(12)3-7(10)13/h2-4,11H,1H3,(H,16,17). The van der Waals surface area contributed by atoms with Gasteiger partial charge in [-0.1, -0.05) is 23.2 Å². The minimum Gasteiger partial charge on any atom is -0.388 e. The summed E-state index contributed by atoms with van der Waals surface area (Å²) in [6.45, 7) is 0. The largest absolute Gasteiger partial charge is 0.388 e. The van der Waals surface area contributed by atoms with E-state index in [1.54, 1.807) is 13.1 Å². The summed E-state index contributed by atoms with van der Waals surface area (Å²) in [5.41, 5.74) is 0.527. The van der Waals surface area contributed by atoms with Crippen molar-refractivity contribution >= 4 is 39.8 Å². The SMILES string of the molecule is CNc1cc(C(F)F)nc2c(Cl)cc(Cl)cc12. The minimum atomic E-state index is -2.64. The Labute approximate surface area is 107 Å². The molecule has 0 spiro atoms. The Kier molecular flexibility index (Phi) is 3.35. The van der Waals surface area contributed by atoms with Crippen molar-refractivity contribution in [1.29, 1.82) is 0 Å². The van der Waals surface area contributed by atoms with Gasteiger partial charge >= 0.3 is 0 Å². The highest BCUT2D eigenvalue weighted by molar-refractivity contribution is 6.38. The van der Waals surface area contributed by atoms with Crippen molar-refractivity contribution < 1.29 is 8.78 Å². The third-order valence-electron chi connectivity index (χ3n) is 2.34. The van der Waals surface area contributed by atoms with E-state index in [0.717, 1.165) is 0 Å². The van der Waals surface area contributed by atoms with Gasteiger partial charge in [0.15, 0.2) is 0 Å². The van der Waals surface area contributed by atoms with Crippen LogP contribution < -0.4 is 5.32 Å². The topological polar surface area (TPSA) is 24.9 Å². The maximum absolute atomic E-state index is 12.7. The van der Waals surface area contributed by atoms with E-state index in [2.05, 4.69) is 10.3 Å². The Morgan fingerprint density at radius 2 is 1.94 bits per heavy atom.